The van der Waals surface area contributed by atoms with Gasteiger partial charge in [0.25, 0.3) is 5.56 Å². The van der Waals surface area contributed by atoms with E-state index >= 15 is 0 Å². The van der Waals surface area contributed by atoms with Crippen molar-refractivity contribution in [2.24, 2.45) is 5.92 Å². The lowest BCUT2D eigenvalue weighted by molar-refractivity contribution is -0.133. The molecule has 0 radical (unpaired) electrons. The van der Waals surface area contributed by atoms with Gasteiger partial charge in [0, 0.05) is 32.2 Å². The average Bonchev–Trinajstić information content (AvgIpc) is 2.70. The van der Waals surface area contributed by atoms with Crippen LogP contribution in [0.4, 0.5) is 5.82 Å². The number of fused-ring (bicyclic) bond motifs is 1. The largest absolute Gasteiger partial charge is 0.355 e. The highest BCUT2D eigenvalue weighted by molar-refractivity contribution is 5.76. The number of amides is 1. The predicted molar refractivity (Wildman–Crippen MR) is 105 cm³/mol. The van der Waals surface area contributed by atoms with Crippen molar-refractivity contribution in [3.63, 3.8) is 0 Å². The maximum atomic E-state index is 12.8. The second-order valence-corrected chi connectivity index (χ2v) is 7.69. The Kier molecular flexibility index (Phi) is 4.97. The van der Waals surface area contributed by atoms with Gasteiger partial charge in [0.1, 0.15) is 12.4 Å². The Hall–Kier alpha value is -2.63. The molecule has 0 spiro atoms. The van der Waals surface area contributed by atoms with Gasteiger partial charge < -0.3 is 9.80 Å². The fraction of sp³-hybridized carbons (Fsp3) is 0.476. The van der Waals surface area contributed by atoms with E-state index in [1.54, 1.807) is 6.07 Å². The molecule has 2 aliphatic rings. The number of nitrogens with zero attached hydrogens (tertiary/aromatic N) is 4. The molecule has 0 aliphatic carbocycles. The molecule has 142 valence electrons. The molecule has 0 saturated carbocycles. The fourth-order valence-corrected chi connectivity index (χ4v) is 3.89. The molecule has 1 aromatic carbocycles. The minimum atomic E-state index is -0.227. The Bertz CT molecular complexity index is 884. The predicted octanol–water partition coefficient (Wildman–Crippen LogP) is 2.06. The number of piperidine rings is 1. The van der Waals surface area contributed by atoms with Crippen LogP contribution in [-0.2, 0) is 24.3 Å². The molecule has 0 atom stereocenters. The van der Waals surface area contributed by atoms with Gasteiger partial charge in [-0.15, -0.1) is 0 Å². The van der Waals surface area contributed by atoms with Crippen molar-refractivity contribution in [2.45, 2.75) is 39.3 Å². The summed E-state index contributed by atoms with van der Waals surface area (Å²) in [6.07, 6.45) is 3.12. The minimum absolute atomic E-state index is 0.000910. The van der Waals surface area contributed by atoms with E-state index in [0.29, 0.717) is 13.1 Å². The van der Waals surface area contributed by atoms with Crippen molar-refractivity contribution in [1.29, 1.82) is 0 Å². The van der Waals surface area contributed by atoms with Crippen molar-refractivity contribution < 1.29 is 4.79 Å². The van der Waals surface area contributed by atoms with Crippen LogP contribution in [0.25, 0.3) is 0 Å². The van der Waals surface area contributed by atoms with E-state index in [1.807, 2.05) is 17.0 Å². The molecule has 1 saturated heterocycles. The van der Waals surface area contributed by atoms with Gasteiger partial charge >= 0.3 is 0 Å². The summed E-state index contributed by atoms with van der Waals surface area (Å²) in [5.74, 6) is 1.47. The van der Waals surface area contributed by atoms with E-state index in [0.717, 1.165) is 44.1 Å². The van der Waals surface area contributed by atoms with E-state index in [1.165, 1.54) is 21.9 Å². The summed E-state index contributed by atoms with van der Waals surface area (Å²) < 4.78 is 1.32. The molecule has 1 amide bonds. The number of rotatable bonds is 3. The molecule has 3 heterocycles. The zero-order valence-electron chi connectivity index (χ0n) is 15.8. The highest BCUT2D eigenvalue weighted by Gasteiger charge is 2.22. The summed E-state index contributed by atoms with van der Waals surface area (Å²) in [6, 6.07) is 11.5. The van der Waals surface area contributed by atoms with Gasteiger partial charge in [0.05, 0.1) is 0 Å². The smallest absolute Gasteiger partial charge is 0.267 e. The zero-order chi connectivity index (χ0) is 18.8. The Morgan fingerprint density at radius 3 is 2.59 bits per heavy atom. The van der Waals surface area contributed by atoms with Gasteiger partial charge in [-0.25, -0.2) is 4.68 Å². The highest BCUT2D eigenvalue weighted by Crippen LogP contribution is 2.21. The molecule has 2 aliphatic heterocycles. The number of carbonyl (C=O) groups excluding carboxylic acids is 1. The summed E-state index contributed by atoms with van der Waals surface area (Å²) in [4.78, 5) is 29.0. The Morgan fingerprint density at radius 2 is 1.81 bits per heavy atom. The van der Waals surface area contributed by atoms with Crippen molar-refractivity contribution in [3.8, 4) is 0 Å². The topological polar surface area (TPSA) is 58.4 Å². The third-order valence-corrected chi connectivity index (χ3v) is 5.73. The molecule has 27 heavy (non-hydrogen) atoms. The van der Waals surface area contributed by atoms with Crippen LogP contribution in [0.3, 0.4) is 0 Å². The number of anilines is 1. The van der Waals surface area contributed by atoms with Crippen molar-refractivity contribution in [2.75, 3.05) is 24.5 Å². The van der Waals surface area contributed by atoms with E-state index in [9.17, 15) is 9.59 Å². The first-order valence-corrected chi connectivity index (χ1v) is 9.78. The van der Waals surface area contributed by atoms with Crippen LogP contribution in [0.1, 0.15) is 30.9 Å². The quantitative estimate of drug-likeness (QED) is 0.834. The normalized spacial score (nSPS) is 17.7. The molecule has 0 N–H and O–H groups in total. The summed E-state index contributed by atoms with van der Waals surface area (Å²) in [6.45, 7) is 5.45. The van der Waals surface area contributed by atoms with Crippen LogP contribution in [0.5, 0.6) is 0 Å². The standard InChI is InChI=1S/C21H26N4O2/c1-16-8-11-23(12-9-16)19-6-7-20(26)25(22-19)15-21(27)24-13-10-17-4-2-3-5-18(17)14-24/h2-7,16H,8-15H2,1H3. The first kappa shape index (κ1) is 17.8. The molecule has 6 heteroatoms. The summed E-state index contributed by atoms with van der Waals surface area (Å²) >= 11 is 0. The summed E-state index contributed by atoms with van der Waals surface area (Å²) in [5.41, 5.74) is 2.27. The lowest BCUT2D eigenvalue weighted by Gasteiger charge is -2.31. The van der Waals surface area contributed by atoms with E-state index in [4.69, 9.17) is 0 Å². The number of aromatic nitrogens is 2. The van der Waals surface area contributed by atoms with Gasteiger partial charge in [0.15, 0.2) is 0 Å². The Balaban J connectivity index is 1.47. The second kappa shape index (κ2) is 7.55. The maximum absolute atomic E-state index is 12.8. The molecule has 0 unspecified atom stereocenters. The third kappa shape index (κ3) is 3.89. The van der Waals surface area contributed by atoms with Crippen molar-refractivity contribution >= 4 is 11.7 Å². The van der Waals surface area contributed by atoms with Crippen LogP contribution >= 0.6 is 0 Å². The molecule has 2 aromatic rings. The second-order valence-electron chi connectivity index (χ2n) is 7.69. The number of hydrogen-bond acceptors (Lipinski definition) is 4. The molecule has 4 rings (SSSR count). The van der Waals surface area contributed by atoms with Crippen LogP contribution in [0, 0.1) is 5.92 Å². The molecule has 6 nitrogen and oxygen atoms in total. The van der Waals surface area contributed by atoms with Gasteiger partial charge in [-0.1, -0.05) is 31.2 Å². The first-order chi connectivity index (χ1) is 13.1. The van der Waals surface area contributed by atoms with E-state index in [2.05, 4.69) is 29.1 Å². The van der Waals surface area contributed by atoms with Gasteiger partial charge in [-0.05, 0) is 42.4 Å². The van der Waals surface area contributed by atoms with Crippen LogP contribution < -0.4 is 10.5 Å². The number of benzene rings is 1. The SMILES string of the molecule is CC1CCN(c2ccc(=O)n(CC(=O)N3CCc4ccccc4C3)n2)CC1. The first-order valence-electron chi connectivity index (χ1n) is 9.78. The van der Waals surface area contributed by atoms with Crippen molar-refractivity contribution in [3.05, 3.63) is 57.9 Å². The monoisotopic (exact) mass is 366 g/mol. The highest BCUT2D eigenvalue weighted by atomic mass is 16.2. The van der Waals surface area contributed by atoms with Crippen molar-refractivity contribution in [1.82, 2.24) is 14.7 Å². The van der Waals surface area contributed by atoms with E-state index < -0.39 is 0 Å². The van der Waals surface area contributed by atoms with Crippen LogP contribution in [0.2, 0.25) is 0 Å². The number of hydrogen-bond donors (Lipinski definition) is 0. The number of carbonyl (C=O) groups is 1. The summed E-state index contributed by atoms with van der Waals surface area (Å²) in [7, 11) is 0. The molecular formula is C21H26N4O2. The van der Waals surface area contributed by atoms with Crippen LogP contribution in [0.15, 0.2) is 41.2 Å². The Morgan fingerprint density at radius 1 is 1.07 bits per heavy atom. The molecule has 1 fully saturated rings. The molecule has 0 bridgehead atoms. The van der Waals surface area contributed by atoms with Gasteiger partial charge in [-0.2, -0.15) is 5.10 Å². The van der Waals surface area contributed by atoms with Gasteiger partial charge in [-0.3, -0.25) is 9.59 Å². The lowest BCUT2D eigenvalue weighted by atomic mass is 9.99. The van der Waals surface area contributed by atoms with E-state index in [-0.39, 0.29) is 18.0 Å². The zero-order valence-corrected chi connectivity index (χ0v) is 15.8. The molecular weight excluding hydrogens is 340 g/mol. The minimum Gasteiger partial charge on any atom is -0.355 e. The lowest BCUT2D eigenvalue weighted by Crippen LogP contribution is -2.41. The fourth-order valence-electron chi connectivity index (χ4n) is 3.89. The third-order valence-electron chi connectivity index (χ3n) is 5.73. The van der Waals surface area contributed by atoms with Gasteiger partial charge in [0.2, 0.25) is 5.91 Å². The molecule has 1 aromatic heterocycles. The summed E-state index contributed by atoms with van der Waals surface area (Å²) in [5, 5.41) is 4.48. The van der Waals surface area contributed by atoms with Crippen LogP contribution in [-0.4, -0.2) is 40.2 Å². The Labute approximate surface area is 159 Å². The average molecular weight is 366 g/mol. The maximum Gasteiger partial charge on any atom is 0.267 e.